The number of aromatic nitrogens is 4. The lowest BCUT2D eigenvalue weighted by Crippen LogP contribution is -2.45. The van der Waals surface area contributed by atoms with Crippen LogP contribution in [0.3, 0.4) is 0 Å². The molecule has 1 unspecified atom stereocenters. The number of aromatic carboxylic acids is 1. The Balaban J connectivity index is 1.30. The van der Waals surface area contributed by atoms with E-state index in [2.05, 4.69) is 20.4 Å². The minimum atomic E-state index is -5.24. The van der Waals surface area contributed by atoms with Crippen molar-refractivity contribution in [3.05, 3.63) is 46.9 Å². The Bertz CT molecular complexity index is 1530. The summed E-state index contributed by atoms with van der Waals surface area (Å²) in [6.45, 7) is -3.07. The minimum Gasteiger partial charge on any atom is -0.478 e. The van der Waals surface area contributed by atoms with Crippen molar-refractivity contribution in [2.75, 3.05) is 25.1 Å². The number of benzene rings is 1. The fraction of sp³-hybridized carbons (Fsp3) is 0.538. The van der Waals surface area contributed by atoms with Gasteiger partial charge in [0.2, 0.25) is 10.6 Å². The number of fused-ring (bicyclic) bond motifs is 1. The van der Waals surface area contributed by atoms with Crippen LogP contribution >= 0.6 is 19.2 Å². The number of aliphatic hydroxyl groups excluding tert-OH is 3. The molecule has 7 N–H and O–H groups in total. The first-order chi connectivity index (χ1) is 20.9. The molecular weight excluding hydrogens is 625 g/mol. The lowest BCUT2D eigenvalue weighted by Gasteiger charge is -2.33. The second-order valence-electron chi connectivity index (χ2n) is 10.8. The number of halogens is 1. The monoisotopic (exact) mass is 657 g/mol. The third kappa shape index (κ3) is 6.60. The quantitative estimate of drug-likeness (QED) is 0.101. The number of nitrogens with zero attached hydrogens (tertiary/aromatic N) is 4. The molecule has 3 aromatic rings. The molecule has 1 aliphatic heterocycles. The van der Waals surface area contributed by atoms with Crippen LogP contribution in [0.5, 0.6) is 0 Å². The van der Waals surface area contributed by atoms with Crippen LogP contribution in [0.4, 0.5) is 5.82 Å². The Kier molecular flexibility index (Phi) is 9.87. The summed E-state index contributed by atoms with van der Waals surface area (Å²) in [5.74, 6) is -0.754. The number of hydrogen-bond acceptors (Lipinski definition) is 12. The van der Waals surface area contributed by atoms with Crippen molar-refractivity contribution in [1.29, 1.82) is 0 Å². The van der Waals surface area contributed by atoms with Crippen LogP contribution in [0.25, 0.3) is 11.0 Å². The van der Waals surface area contributed by atoms with Crippen molar-refractivity contribution < 1.29 is 53.8 Å². The lowest BCUT2D eigenvalue weighted by atomic mass is 10.1. The average molecular weight is 658 g/mol. The van der Waals surface area contributed by atoms with Gasteiger partial charge in [-0.3, -0.25) is 4.57 Å². The van der Waals surface area contributed by atoms with Crippen LogP contribution in [-0.4, -0.2) is 105 Å². The van der Waals surface area contributed by atoms with Crippen molar-refractivity contribution >= 4 is 42.0 Å². The maximum absolute atomic E-state index is 12.5. The SMILES string of the molecule is O=C(O)c1ccccc1COCC(CO)(OC[C@H]1O[C@@H](n2ncc3c(NC4CCCC4)nc(Cl)nc32)[C@H](O)[C@@H]1O)P(=O)(O)O. The highest BCUT2D eigenvalue weighted by molar-refractivity contribution is 7.53. The highest BCUT2D eigenvalue weighted by Gasteiger charge is 2.51. The summed E-state index contributed by atoms with van der Waals surface area (Å²) in [7, 11) is -5.24. The summed E-state index contributed by atoms with van der Waals surface area (Å²) in [6.07, 6.45) is -0.172. The molecule has 240 valence electrons. The largest absolute Gasteiger partial charge is 0.478 e. The molecule has 1 saturated heterocycles. The van der Waals surface area contributed by atoms with Gasteiger partial charge in [-0.2, -0.15) is 15.1 Å². The third-order valence-corrected chi connectivity index (χ3v) is 9.46. The Morgan fingerprint density at radius 1 is 1.18 bits per heavy atom. The minimum absolute atomic E-state index is 0.0687. The van der Waals surface area contributed by atoms with E-state index in [1.54, 1.807) is 6.07 Å². The highest BCUT2D eigenvalue weighted by Crippen LogP contribution is 2.51. The molecule has 18 heteroatoms. The molecule has 1 aliphatic carbocycles. The predicted octanol–water partition coefficient (Wildman–Crippen LogP) is 1.25. The van der Waals surface area contributed by atoms with Gasteiger partial charge in [0.05, 0.1) is 43.6 Å². The van der Waals surface area contributed by atoms with Gasteiger partial charge >= 0.3 is 13.6 Å². The van der Waals surface area contributed by atoms with Gasteiger partial charge in [0.25, 0.3) is 0 Å². The normalized spacial score (nSPS) is 24.1. The van der Waals surface area contributed by atoms with E-state index in [1.807, 2.05) is 0 Å². The average Bonchev–Trinajstić information content (AvgIpc) is 3.71. The van der Waals surface area contributed by atoms with Gasteiger partial charge < -0.3 is 49.7 Å². The molecule has 0 amide bonds. The third-order valence-electron chi connectivity index (χ3n) is 7.83. The van der Waals surface area contributed by atoms with Gasteiger partial charge in [-0.25, -0.2) is 9.48 Å². The molecule has 0 spiro atoms. The zero-order valence-corrected chi connectivity index (χ0v) is 24.9. The summed E-state index contributed by atoms with van der Waals surface area (Å²) in [4.78, 5) is 40.1. The number of nitrogens with one attached hydrogen (secondary N) is 1. The Morgan fingerprint density at radius 2 is 1.91 bits per heavy atom. The number of rotatable bonds is 13. The predicted molar refractivity (Wildman–Crippen MR) is 153 cm³/mol. The van der Waals surface area contributed by atoms with Crippen molar-refractivity contribution in [2.24, 2.45) is 0 Å². The fourth-order valence-corrected chi connectivity index (χ4v) is 6.18. The standard InChI is InChI=1S/C26H33ClN5O11P/c27-25-30-21(29-15-6-2-3-7-15)17-9-28-32(22(17)31-25)23-20(35)19(34)18(43-23)11-42-26(12-33,44(38,39)40)13-41-10-14-5-1-4-8-16(14)24(36)37/h1,4-5,8-9,15,18-20,23,33-35H,2-3,6-7,10-13H2,(H,36,37)(H,29,30,31)(H2,38,39,40)/t18-,19-,20-,23-,26?/m1/s1. The zero-order chi connectivity index (χ0) is 31.6. The second-order valence-corrected chi connectivity index (χ2v) is 13.0. The van der Waals surface area contributed by atoms with Crippen molar-refractivity contribution in [3.63, 3.8) is 0 Å². The van der Waals surface area contributed by atoms with Gasteiger partial charge in [-0.1, -0.05) is 31.0 Å². The Morgan fingerprint density at radius 3 is 2.59 bits per heavy atom. The molecule has 2 aromatic heterocycles. The summed E-state index contributed by atoms with van der Waals surface area (Å²) >= 11 is 6.19. The molecule has 2 aliphatic rings. The van der Waals surface area contributed by atoms with Crippen molar-refractivity contribution in [1.82, 2.24) is 19.7 Å². The molecule has 1 aromatic carbocycles. The number of carboxylic acids is 1. The van der Waals surface area contributed by atoms with Gasteiger partial charge in [0, 0.05) is 6.04 Å². The van der Waals surface area contributed by atoms with Crippen LogP contribution in [0.2, 0.25) is 5.28 Å². The Labute approximate surface area is 255 Å². The number of ether oxygens (including phenoxy) is 3. The summed E-state index contributed by atoms with van der Waals surface area (Å²) in [5.41, 5.74) is 0.383. The molecular formula is C26H33ClN5O11P. The second kappa shape index (κ2) is 13.3. The van der Waals surface area contributed by atoms with Gasteiger partial charge in [0.1, 0.15) is 24.1 Å². The number of carboxylic acid groups (broad SMARTS) is 1. The first-order valence-electron chi connectivity index (χ1n) is 13.8. The molecule has 3 heterocycles. The number of anilines is 1. The molecule has 5 rings (SSSR count). The topological polar surface area (TPSA) is 239 Å². The van der Waals surface area contributed by atoms with E-state index in [4.69, 9.17) is 25.8 Å². The van der Waals surface area contributed by atoms with Crippen LogP contribution in [-0.2, 0) is 25.4 Å². The molecule has 5 atom stereocenters. The van der Waals surface area contributed by atoms with Gasteiger partial charge in [-0.05, 0) is 36.1 Å². The molecule has 1 saturated carbocycles. The Hall–Kier alpha value is -2.76. The van der Waals surface area contributed by atoms with Crippen LogP contribution < -0.4 is 5.32 Å². The lowest BCUT2D eigenvalue weighted by molar-refractivity contribution is -0.131. The molecule has 0 bridgehead atoms. The summed E-state index contributed by atoms with van der Waals surface area (Å²) in [6, 6.07) is 6.10. The van der Waals surface area contributed by atoms with E-state index in [9.17, 15) is 39.6 Å². The van der Waals surface area contributed by atoms with Crippen molar-refractivity contribution in [3.8, 4) is 0 Å². The first-order valence-corrected chi connectivity index (χ1v) is 15.8. The molecule has 16 nitrogen and oxygen atoms in total. The zero-order valence-electron chi connectivity index (χ0n) is 23.3. The smallest absolute Gasteiger partial charge is 0.361 e. The van der Waals surface area contributed by atoms with E-state index in [-0.39, 0.29) is 34.7 Å². The van der Waals surface area contributed by atoms with Gasteiger partial charge in [-0.15, -0.1) is 0 Å². The first kappa shape index (κ1) is 32.6. The van der Waals surface area contributed by atoms with Crippen LogP contribution in [0, 0.1) is 0 Å². The van der Waals surface area contributed by atoms with Crippen LogP contribution in [0.1, 0.15) is 47.8 Å². The fourth-order valence-electron chi connectivity index (χ4n) is 5.33. The molecule has 0 radical (unpaired) electrons. The number of aliphatic hydroxyl groups is 3. The van der Waals surface area contributed by atoms with E-state index in [0.717, 1.165) is 25.7 Å². The maximum Gasteiger partial charge on any atom is 0.361 e. The van der Waals surface area contributed by atoms with E-state index < -0.39 is 63.3 Å². The van der Waals surface area contributed by atoms with E-state index in [1.165, 1.54) is 29.1 Å². The van der Waals surface area contributed by atoms with E-state index >= 15 is 0 Å². The van der Waals surface area contributed by atoms with Gasteiger partial charge in [0.15, 0.2) is 11.9 Å². The van der Waals surface area contributed by atoms with Crippen molar-refractivity contribution in [2.45, 2.75) is 68.2 Å². The molecule has 44 heavy (non-hydrogen) atoms. The van der Waals surface area contributed by atoms with E-state index in [0.29, 0.717) is 11.2 Å². The maximum atomic E-state index is 12.5. The summed E-state index contributed by atoms with van der Waals surface area (Å²) in [5, 5.41) is 46.5. The summed E-state index contributed by atoms with van der Waals surface area (Å²) < 4.78 is 30.4. The molecule has 2 fully saturated rings. The number of carbonyl (C=O) groups is 1. The number of hydrogen-bond donors (Lipinski definition) is 7. The van der Waals surface area contributed by atoms with Crippen LogP contribution in [0.15, 0.2) is 30.5 Å². The highest BCUT2D eigenvalue weighted by atomic mass is 35.5.